The van der Waals surface area contributed by atoms with Crippen molar-refractivity contribution in [3.05, 3.63) is 12.7 Å². The van der Waals surface area contributed by atoms with E-state index in [1.165, 1.54) is 12.7 Å². The fourth-order valence-corrected chi connectivity index (χ4v) is 4.14. The van der Waals surface area contributed by atoms with E-state index in [4.69, 9.17) is 9.47 Å². The average molecular weight is 349 g/mol. The Labute approximate surface area is 147 Å². The first-order chi connectivity index (χ1) is 12.2. The molecule has 2 saturated heterocycles. The summed E-state index contributed by atoms with van der Waals surface area (Å²) in [4.78, 5) is 18.4. The second-order valence-corrected chi connectivity index (χ2v) is 7.33. The number of amides is 2. The number of ether oxygens (including phenoxy) is 2. The van der Waals surface area contributed by atoms with Crippen molar-refractivity contribution in [2.24, 2.45) is 0 Å². The van der Waals surface area contributed by atoms with E-state index in [0.29, 0.717) is 19.7 Å². The Morgan fingerprint density at radius 1 is 1.28 bits per heavy atom. The number of hydrogen-bond donors (Lipinski definition) is 1. The molecule has 1 N–H and O–H groups in total. The van der Waals surface area contributed by atoms with Crippen LogP contribution in [0.3, 0.4) is 0 Å². The van der Waals surface area contributed by atoms with Crippen molar-refractivity contribution in [1.82, 2.24) is 25.0 Å². The molecule has 4 rings (SSSR count). The number of piperidine rings is 1. The second kappa shape index (κ2) is 7.29. The smallest absolute Gasteiger partial charge is 0.317 e. The summed E-state index contributed by atoms with van der Waals surface area (Å²) in [5, 5.41) is 7.22. The summed E-state index contributed by atoms with van der Waals surface area (Å²) in [7, 11) is 0. The number of nitrogens with zero attached hydrogens (tertiary/aromatic N) is 4. The summed E-state index contributed by atoms with van der Waals surface area (Å²) >= 11 is 0. The Balaban J connectivity index is 1.25. The zero-order valence-corrected chi connectivity index (χ0v) is 14.6. The molecule has 0 radical (unpaired) electrons. The van der Waals surface area contributed by atoms with Crippen molar-refractivity contribution in [2.75, 3.05) is 26.2 Å². The molecule has 1 aromatic heterocycles. The van der Waals surface area contributed by atoms with Crippen molar-refractivity contribution in [2.45, 2.75) is 62.9 Å². The van der Waals surface area contributed by atoms with Gasteiger partial charge in [0.15, 0.2) is 5.79 Å². The minimum absolute atomic E-state index is 0.0296. The zero-order chi connectivity index (χ0) is 17.1. The van der Waals surface area contributed by atoms with Crippen LogP contribution in [0.25, 0.3) is 0 Å². The summed E-state index contributed by atoms with van der Waals surface area (Å²) in [5.41, 5.74) is 0. The molecule has 2 unspecified atom stereocenters. The van der Waals surface area contributed by atoms with Crippen molar-refractivity contribution in [3.8, 4) is 0 Å². The summed E-state index contributed by atoms with van der Waals surface area (Å²) in [6.07, 6.45) is 10.8. The summed E-state index contributed by atoms with van der Waals surface area (Å²) in [6, 6.07) is 0.177. The monoisotopic (exact) mass is 349 g/mol. The van der Waals surface area contributed by atoms with Gasteiger partial charge in [-0.1, -0.05) is 6.42 Å². The van der Waals surface area contributed by atoms with E-state index in [9.17, 15) is 4.79 Å². The highest BCUT2D eigenvalue weighted by Crippen LogP contribution is 2.37. The molecule has 3 fully saturated rings. The Morgan fingerprint density at radius 3 is 2.96 bits per heavy atom. The van der Waals surface area contributed by atoms with Gasteiger partial charge in [0.1, 0.15) is 18.8 Å². The first-order valence-corrected chi connectivity index (χ1v) is 9.43. The van der Waals surface area contributed by atoms with Crippen LogP contribution in [0.1, 0.15) is 51.0 Å². The molecular weight excluding hydrogens is 322 g/mol. The van der Waals surface area contributed by atoms with Crippen LogP contribution in [0.5, 0.6) is 0 Å². The van der Waals surface area contributed by atoms with Crippen LogP contribution < -0.4 is 5.32 Å². The number of carbonyl (C=O) groups is 1. The van der Waals surface area contributed by atoms with Gasteiger partial charge in [0, 0.05) is 32.5 Å². The van der Waals surface area contributed by atoms with E-state index in [1.54, 1.807) is 6.33 Å². The van der Waals surface area contributed by atoms with Crippen LogP contribution >= 0.6 is 0 Å². The van der Waals surface area contributed by atoms with Crippen LogP contribution in [0, 0.1) is 0 Å². The van der Waals surface area contributed by atoms with E-state index in [0.717, 1.165) is 45.1 Å². The fraction of sp³-hybridized carbons (Fsp3) is 0.824. The molecule has 1 aliphatic carbocycles. The van der Waals surface area contributed by atoms with Gasteiger partial charge in [0.2, 0.25) is 0 Å². The van der Waals surface area contributed by atoms with Crippen LogP contribution in [0.15, 0.2) is 12.7 Å². The predicted octanol–water partition coefficient (Wildman–Crippen LogP) is 1.70. The molecule has 8 heteroatoms. The minimum atomic E-state index is -0.378. The molecule has 2 atom stereocenters. The quantitative estimate of drug-likeness (QED) is 0.898. The maximum absolute atomic E-state index is 12.5. The van der Waals surface area contributed by atoms with E-state index in [2.05, 4.69) is 15.4 Å². The first-order valence-electron chi connectivity index (χ1n) is 9.43. The van der Waals surface area contributed by atoms with Crippen LogP contribution in [0.2, 0.25) is 0 Å². The standard InChI is InChI=1S/C17H27N5O3/c23-16(21-8-4-5-14(10-21)22-13-18-12-20-22)19-9-15-11-24-17(25-15)6-2-1-3-7-17/h12-15H,1-11H2,(H,19,23). The number of likely N-dealkylation sites (tertiary alicyclic amines) is 1. The van der Waals surface area contributed by atoms with E-state index >= 15 is 0 Å². The molecule has 1 aromatic rings. The number of rotatable bonds is 3. The first kappa shape index (κ1) is 16.8. The third kappa shape index (κ3) is 3.79. The Morgan fingerprint density at radius 2 is 2.16 bits per heavy atom. The molecule has 2 aliphatic heterocycles. The molecule has 0 bridgehead atoms. The van der Waals surface area contributed by atoms with Crippen LogP contribution in [-0.2, 0) is 9.47 Å². The lowest BCUT2D eigenvalue weighted by Gasteiger charge is -2.33. The molecule has 1 saturated carbocycles. The molecule has 0 aromatic carbocycles. The third-order valence-electron chi connectivity index (χ3n) is 5.50. The van der Waals surface area contributed by atoms with Gasteiger partial charge >= 0.3 is 6.03 Å². The lowest BCUT2D eigenvalue weighted by atomic mass is 9.94. The molecule has 3 heterocycles. The molecule has 8 nitrogen and oxygen atoms in total. The number of carbonyl (C=O) groups excluding carboxylic acids is 1. The number of nitrogens with one attached hydrogen (secondary N) is 1. The Hall–Kier alpha value is -1.67. The van der Waals surface area contributed by atoms with Crippen LogP contribution in [0.4, 0.5) is 4.79 Å². The maximum Gasteiger partial charge on any atom is 0.317 e. The highest BCUT2D eigenvalue weighted by atomic mass is 16.7. The van der Waals surface area contributed by atoms with E-state index in [-0.39, 0.29) is 24.0 Å². The average Bonchev–Trinajstić information content (AvgIpc) is 3.31. The SMILES string of the molecule is O=C(NCC1COC2(CCCCC2)O1)N1CCCC(n2cncn2)C1. The second-order valence-electron chi connectivity index (χ2n) is 7.33. The lowest BCUT2D eigenvalue weighted by molar-refractivity contribution is -0.186. The maximum atomic E-state index is 12.5. The molecule has 25 heavy (non-hydrogen) atoms. The minimum Gasteiger partial charge on any atom is -0.347 e. The van der Waals surface area contributed by atoms with Crippen molar-refractivity contribution in [1.29, 1.82) is 0 Å². The van der Waals surface area contributed by atoms with Gasteiger partial charge in [-0.3, -0.25) is 0 Å². The van der Waals surface area contributed by atoms with Crippen molar-refractivity contribution < 1.29 is 14.3 Å². The van der Waals surface area contributed by atoms with Gasteiger partial charge in [-0.15, -0.1) is 0 Å². The summed E-state index contributed by atoms with van der Waals surface area (Å²) < 4.78 is 13.9. The van der Waals surface area contributed by atoms with E-state index < -0.39 is 0 Å². The van der Waals surface area contributed by atoms with Gasteiger partial charge in [0.25, 0.3) is 0 Å². The normalized spacial score (nSPS) is 29.0. The lowest BCUT2D eigenvalue weighted by Crippen LogP contribution is -2.48. The molecule has 1 spiro atoms. The van der Waals surface area contributed by atoms with E-state index in [1.807, 2.05) is 9.58 Å². The zero-order valence-electron chi connectivity index (χ0n) is 14.6. The highest BCUT2D eigenvalue weighted by molar-refractivity contribution is 5.74. The molecule has 138 valence electrons. The van der Waals surface area contributed by atoms with Crippen LogP contribution in [-0.4, -0.2) is 63.8 Å². The van der Waals surface area contributed by atoms with Gasteiger partial charge in [0.05, 0.1) is 12.6 Å². The van der Waals surface area contributed by atoms with Gasteiger partial charge in [-0.05, 0) is 25.7 Å². The summed E-state index contributed by atoms with van der Waals surface area (Å²) in [5.74, 6) is -0.378. The Bertz CT molecular complexity index is 573. The number of hydrogen-bond acceptors (Lipinski definition) is 5. The largest absolute Gasteiger partial charge is 0.347 e. The van der Waals surface area contributed by atoms with Gasteiger partial charge in [-0.25, -0.2) is 14.5 Å². The topological polar surface area (TPSA) is 81.5 Å². The highest BCUT2D eigenvalue weighted by Gasteiger charge is 2.42. The van der Waals surface area contributed by atoms with Crippen molar-refractivity contribution >= 4 is 6.03 Å². The number of urea groups is 1. The number of aromatic nitrogens is 3. The van der Waals surface area contributed by atoms with Crippen molar-refractivity contribution in [3.63, 3.8) is 0 Å². The summed E-state index contributed by atoms with van der Waals surface area (Å²) in [6.45, 7) is 2.52. The Kier molecular flexibility index (Phi) is 4.89. The molecule has 3 aliphatic rings. The predicted molar refractivity (Wildman–Crippen MR) is 89.9 cm³/mol. The fourth-order valence-electron chi connectivity index (χ4n) is 4.14. The molecule has 2 amide bonds. The third-order valence-corrected chi connectivity index (χ3v) is 5.50. The van der Waals surface area contributed by atoms with Gasteiger partial charge < -0.3 is 19.7 Å². The van der Waals surface area contributed by atoms with Gasteiger partial charge in [-0.2, -0.15) is 5.10 Å². The molecular formula is C17H27N5O3.